The second kappa shape index (κ2) is 13.0. The van der Waals surface area contributed by atoms with Crippen molar-refractivity contribution in [3.05, 3.63) is 70.8 Å². The second-order valence-corrected chi connectivity index (χ2v) is 9.88. The smallest absolute Gasteiger partial charge is 0.442 e. The zero-order chi connectivity index (χ0) is 25.9. The highest BCUT2D eigenvalue weighted by molar-refractivity contribution is 5.70. The predicted octanol–water partition coefficient (Wildman–Crippen LogP) is 6.07. The average molecular weight is 475 g/mol. The summed E-state index contributed by atoms with van der Waals surface area (Å²) in [6.07, 6.45) is -1.71. The second-order valence-electron chi connectivity index (χ2n) is 9.88. The Hall–Kier alpha value is -3.10. The maximum absolute atomic E-state index is 12.3. The molecule has 0 bridgehead atoms. The number of carbonyl (C=O) groups is 2. The minimum atomic E-state index is -0.958. The summed E-state index contributed by atoms with van der Waals surface area (Å²) in [6.45, 7) is 14.9. The van der Waals surface area contributed by atoms with Crippen molar-refractivity contribution in [2.45, 2.75) is 79.7 Å². The van der Waals surface area contributed by atoms with Crippen molar-refractivity contribution in [1.29, 1.82) is 0 Å². The van der Waals surface area contributed by atoms with Gasteiger partial charge in [-0.15, -0.1) is 5.06 Å². The minimum absolute atomic E-state index is 0.0639. The quantitative estimate of drug-likeness (QED) is 0.410. The Kier molecular flexibility index (Phi) is 11.0. The van der Waals surface area contributed by atoms with Gasteiger partial charge in [0.05, 0.1) is 6.54 Å². The molecule has 2 rings (SSSR count). The third kappa shape index (κ3) is 12.8. The SMILES string of the molecule is Cc1ccc(CN(OC(=O)OC(C)(C)C)C(=O)OC(C)(C)C)cc1.Cc1ccc(CNO)cc1. The summed E-state index contributed by atoms with van der Waals surface area (Å²) in [5.74, 6) is 0. The molecule has 0 unspecified atom stereocenters. The summed E-state index contributed by atoms with van der Waals surface area (Å²) in [4.78, 5) is 29.3. The first-order valence-corrected chi connectivity index (χ1v) is 11.1. The van der Waals surface area contributed by atoms with Crippen molar-refractivity contribution >= 4 is 12.2 Å². The van der Waals surface area contributed by atoms with Crippen LogP contribution in [0.2, 0.25) is 0 Å². The number of hydrogen-bond acceptors (Lipinski definition) is 7. The number of amides is 1. The zero-order valence-electron chi connectivity index (χ0n) is 21.5. The summed E-state index contributed by atoms with van der Waals surface area (Å²) in [7, 11) is 0. The fraction of sp³-hybridized carbons (Fsp3) is 0.462. The highest BCUT2D eigenvalue weighted by Crippen LogP contribution is 2.16. The molecule has 34 heavy (non-hydrogen) atoms. The van der Waals surface area contributed by atoms with Crippen LogP contribution in [0.1, 0.15) is 63.8 Å². The van der Waals surface area contributed by atoms with E-state index in [9.17, 15) is 9.59 Å². The van der Waals surface area contributed by atoms with Gasteiger partial charge in [-0.2, -0.15) is 0 Å². The van der Waals surface area contributed by atoms with Crippen LogP contribution in [-0.2, 0) is 27.4 Å². The molecule has 2 aromatic rings. The molecule has 0 aliphatic carbocycles. The largest absolute Gasteiger partial charge is 0.534 e. The Morgan fingerprint density at radius 1 is 0.794 bits per heavy atom. The van der Waals surface area contributed by atoms with Crippen molar-refractivity contribution in [1.82, 2.24) is 10.5 Å². The Labute approximate surface area is 202 Å². The Balaban J connectivity index is 0.000000479. The summed E-state index contributed by atoms with van der Waals surface area (Å²) in [5, 5.41) is 9.20. The summed E-state index contributed by atoms with van der Waals surface area (Å²) >= 11 is 0. The van der Waals surface area contributed by atoms with E-state index in [4.69, 9.17) is 19.5 Å². The van der Waals surface area contributed by atoms with Crippen molar-refractivity contribution in [3.8, 4) is 0 Å². The van der Waals surface area contributed by atoms with Crippen LogP contribution >= 0.6 is 0 Å². The molecule has 0 aliphatic rings. The molecule has 0 spiro atoms. The molecule has 1 amide bonds. The van der Waals surface area contributed by atoms with Crippen LogP contribution in [0.5, 0.6) is 0 Å². The van der Waals surface area contributed by atoms with E-state index in [0.717, 1.165) is 21.8 Å². The van der Waals surface area contributed by atoms with Gasteiger partial charge in [-0.05, 0) is 66.5 Å². The Morgan fingerprint density at radius 3 is 1.65 bits per heavy atom. The third-order valence-electron chi connectivity index (χ3n) is 4.02. The monoisotopic (exact) mass is 474 g/mol. The highest BCUT2D eigenvalue weighted by Gasteiger charge is 2.28. The predicted molar refractivity (Wildman–Crippen MR) is 130 cm³/mol. The normalized spacial score (nSPS) is 11.1. The Bertz CT molecular complexity index is 897. The molecule has 2 N–H and O–H groups in total. The lowest BCUT2D eigenvalue weighted by Crippen LogP contribution is -2.39. The van der Waals surface area contributed by atoms with Gasteiger partial charge in [0, 0.05) is 6.54 Å². The number of aryl methyl sites for hydroxylation is 2. The van der Waals surface area contributed by atoms with Crippen molar-refractivity contribution in [3.63, 3.8) is 0 Å². The fourth-order valence-corrected chi connectivity index (χ4v) is 2.46. The zero-order valence-corrected chi connectivity index (χ0v) is 21.5. The molecule has 8 nitrogen and oxygen atoms in total. The van der Waals surface area contributed by atoms with E-state index < -0.39 is 23.5 Å². The number of nitrogens with one attached hydrogen (secondary N) is 1. The van der Waals surface area contributed by atoms with E-state index >= 15 is 0 Å². The molecule has 0 heterocycles. The van der Waals surface area contributed by atoms with Gasteiger partial charge < -0.3 is 14.7 Å². The van der Waals surface area contributed by atoms with E-state index in [0.29, 0.717) is 6.54 Å². The van der Waals surface area contributed by atoms with Crippen LogP contribution in [0.15, 0.2) is 48.5 Å². The van der Waals surface area contributed by atoms with Gasteiger partial charge in [0.1, 0.15) is 11.2 Å². The van der Waals surface area contributed by atoms with Crippen molar-refractivity contribution in [2.24, 2.45) is 0 Å². The molecule has 188 valence electrons. The number of hydrogen-bond donors (Lipinski definition) is 2. The van der Waals surface area contributed by atoms with Crippen LogP contribution in [0.3, 0.4) is 0 Å². The van der Waals surface area contributed by atoms with E-state index in [1.807, 2.05) is 62.4 Å². The first-order chi connectivity index (χ1) is 15.7. The van der Waals surface area contributed by atoms with Gasteiger partial charge in [-0.1, -0.05) is 59.7 Å². The van der Waals surface area contributed by atoms with Crippen LogP contribution in [-0.4, -0.2) is 33.7 Å². The van der Waals surface area contributed by atoms with E-state index in [-0.39, 0.29) is 6.54 Å². The van der Waals surface area contributed by atoms with Crippen LogP contribution in [0.4, 0.5) is 9.59 Å². The average Bonchev–Trinajstić information content (AvgIpc) is 2.69. The third-order valence-corrected chi connectivity index (χ3v) is 4.02. The molecular weight excluding hydrogens is 436 g/mol. The van der Waals surface area contributed by atoms with Gasteiger partial charge in [-0.3, -0.25) is 4.84 Å². The van der Waals surface area contributed by atoms with Crippen LogP contribution in [0, 0.1) is 13.8 Å². The number of ether oxygens (including phenoxy) is 2. The van der Waals surface area contributed by atoms with Gasteiger partial charge in [0.25, 0.3) is 0 Å². The molecule has 0 saturated carbocycles. The summed E-state index contributed by atoms with van der Waals surface area (Å²) < 4.78 is 10.4. The lowest BCUT2D eigenvalue weighted by molar-refractivity contribution is -0.140. The lowest BCUT2D eigenvalue weighted by atomic mass is 10.1. The maximum Gasteiger partial charge on any atom is 0.534 e. The molecule has 0 radical (unpaired) electrons. The first-order valence-electron chi connectivity index (χ1n) is 11.1. The van der Waals surface area contributed by atoms with E-state index in [1.54, 1.807) is 41.5 Å². The van der Waals surface area contributed by atoms with E-state index in [1.165, 1.54) is 5.56 Å². The molecule has 0 atom stereocenters. The molecule has 2 aromatic carbocycles. The number of hydroxylamine groups is 3. The summed E-state index contributed by atoms with van der Waals surface area (Å²) in [6, 6.07) is 15.5. The molecular formula is C26H38N2O6. The molecule has 0 saturated heterocycles. The van der Waals surface area contributed by atoms with Gasteiger partial charge in [-0.25, -0.2) is 15.1 Å². The number of carbonyl (C=O) groups excluding carboxylic acids is 2. The number of benzene rings is 2. The van der Waals surface area contributed by atoms with Crippen LogP contribution in [0.25, 0.3) is 0 Å². The lowest BCUT2D eigenvalue weighted by Gasteiger charge is -2.27. The molecule has 8 heteroatoms. The molecule has 0 aromatic heterocycles. The van der Waals surface area contributed by atoms with Gasteiger partial charge >= 0.3 is 12.2 Å². The maximum atomic E-state index is 12.3. The number of nitrogens with zero attached hydrogens (tertiary/aromatic N) is 1. The standard InChI is InChI=1S/C18H27NO5.C8H11NO/c1-13-8-10-14(11-9-13)12-19(15(20)22-17(2,3)4)24-16(21)23-18(5,6)7;1-7-2-4-8(5-3-7)6-9-10/h8-11H,12H2,1-7H3;2-5,9-10H,6H2,1H3. The van der Waals surface area contributed by atoms with Gasteiger partial charge in [0.2, 0.25) is 0 Å². The molecule has 0 aliphatic heterocycles. The van der Waals surface area contributed by atoms with E-state index in [2.05, 4.69) is 5.48 Å². The minimum Gasteiger partial charge on any atom is -0.442 e. The Morgan fingerprint density at radius 2 is 1.24 bits per heavy atom. The van der Waals surface area contributed by atoms with Gasteiger partial charge in [0.15, 0.2) is 0 Å². The first kappa shape index (κ1) is 28.9. The topological polar surface area (TPSA) is 97.3 Å². The highest BCUT2D eigenvalue weighted by atomic mass is 16.8. The van der Waals surface area contributed by atoms with Crippen molar-refractivity contribution in [2.75, 3.05) is 0 Å². The van der Waals surface area contributed by atoms with Crippen molar-refractivity contribution < 1.29 is 29.1 Å². The fourth-order valence-electron chi connectivity index (χ4n) is 2.46. The van der Waals surface area contributed by atoms with Crippen LogP contribution < -0.4 is 5.48 Å². The molecule has 0 fully saturated rings. The number of rotatable bonds is 4. The summed E-state index contributed by atoms with van der Waals surface area (Å²) in [5.41, 5.74) is 4.90.